The molecule has 0 unspecified atom stereocenters. The summed E-state index contributed by atoms with van der Waals surface area (Å²) in [5.41, 5.74) is 1.62. The van der Waals surface area contributed by atoms with Crippen molar-refractivity contribution >= 4 is 32.6 Å². The van der Waals surface area contributed by atoms with E-state index in [-0.39, 0.29) is 12.1 Å². The number of carbonyl (C=O) groups excluding carboxylic acids is 1. The topological polar surface area (TPSA) is 32.3 Å². The Labute approximate surface area is 145 Å². The second-order valence-electron chi connectivity index (χ2n) is 6.65. The molecule has 1 fully saturated rings. The minimum absolute atomic E-state index is 0.00741. The molecule has 0 spiro atoms. The van der Waals surface area contributed by atoms with E-state index >= 15 is 0 Å². The molecule has 3 rings (SSSR count). The number of halogens is 4. The van der Waals surface area contributed by atoms with E-state index in [2.05, 4.69) is 21.4 Å². The molecule has 1 aliphatic heterocycles. The summed E-state index contributed by atoms with van der Waals surface area (Å²) in [7, 11) is 0. The van der Waals surface area contributed by atoms with Crippen LogP contribution in [0.1, 0.15) is 25.5 Å². The molecule has 0 radical (unpaired) electrons. The number of alkyl halides is 3. The van der Waals surface area contributed by atoms with Gasteiger partial charge in [0.2, 0.25) is 5.91 Å². The van der Waals surface area contributed by atoms with E-state index in [9.17, 15) is 18.0 Å². The van der Waals surface area contributed by atoms with E-state index < -0.39 is 23.5 Å². The summed E-state index contributed by atoms with van der Waals surface area (Å²) in [6.07, 6.45) is -4.51. The summed E-state index contributed by atoms with van der Waals surface area (Å²) in [5.74, 6) is -0.403. The minimum atomic E-state index is -4.51. The molecule has 0 aliphatic carbocycles. The number of benzene rings is 2. The van der Waals surface area contributed by atoms with Gasteiger partial charge in [-0.25, -0.2) is 5.01 Å². The van der Waals surface area contributed by atoms with Crippen molar-refractivity contribution in [1.82, 2.24) is 10.4 Å². The van der Waals surface area contributed by atoms with Crippen LogP contribution in [-0.4, -0.2) is 23.6 Å². The lowest BCUT2D eigenvalue weighted by atomic mass is 9.93. The summed E-state index contributed by atoms with van der Waals surface area (Å²) in [6.45, 7) is 3.26. The highest BCUT2D eigenvalue weighted by atomic mass is 79.9. The monoisotopic (exact) mass is 400 g/mol. The van der Waals surface area contributed by atoms with Crippen molar-refractivity contribution in [2.45, 2.75) is 26.1 Å². The van der Waals surface area contributed by atoms with Crippen molar-refractivity contribution in [3.8, 4) is 0 Å². The molecule has 1 atom stereocenters. The van der Waals surface area contributed by atoms with Crippen molar-refractivity contribution in [2.24, 2.45) is 5.41 Å². The first-order chi connectivity index (χ1) is 11.1. The molecule has 1 heterocycles. The first-order valence-corrected chi connectivity index (χ1v) is 8.21. The Kier molecular flexibility index (Phi) is 4.12. The predicted molar refractivity (Wildman–Crippen MR) is 89.1 cm³/mol. The number of hydrogen-bond acceptors (Lipinski definition) is 2. The van der Waals surface area contributed by atoms with Crippen LogP contribution in [0, 0.1) is 5.41 Å². The van der Waals surface area contributed by atoms with Crippen molar-refractivity contribution in [2.75, 3.05) is 6.54 Å². The Hall–Kier alpha value is -1.60. The summed E-state index contributed by atoms with van der Waals surface area (Å²) in [5, 5.41) is 2.55. The molecular weight excluding hydrogens is 385 g/mol. The summed E-state index contributed by atoms with van der Waals surface area (Å²) < 4.78 is 41.9. The van der Waals surface area contributed by atoms with Crippen LogP contribution in [0.15, 0.2) is 40.9 Å². The molecule has 2 aromatic rings. The Morgan fingerprint density at radius 2 is 1.83 bits per heavy atom. The fourth-order valence-electron chi connectivity index (χ4n) is 2.93. The number of fused-ring (bicyclic) bond motifs is 1. The first-order valence-electron chi connectivity index (χ1n) is 7.42. The lowest BCUT2D eigenvalue weighted by Crippen LogP contribution is -2.43. The zero-order valence-corrected chi connectivity index (χ0v) is 14.7. The van der Waals surface area contributed by atoms with Gasteiger partial charge >= 0.3 is 6.18 Å². The summed E-state index contributed by atoms with van der Waals surface area (Å²) in [6, 6.07) is 8.23. The normalized spacial score (nSPS) is 19.5. The molecule has 7 heteroatoms. The van der Waals surface area contributed by atoms with Gasteiger partial charge in [-0.2, -0.15) is 13.2 Å². The highest BCUT2D eigenvalue weighted by Crippen LogP contribution is 2.41. The number of hydrogen-bond donors (Lipinski definition) is 1. The Bertz CT molecular complexity index is 804. The van der Waals surface area contributed by atoms with Crippen LogP contribution < -0.4 is 5.43 Å². The molecule has 1 saturated heterocycles. The number of amides is 1. The number of rotatable bonds is 2. The third-order valence-electron chi connectivity index (χ3n) is 4.19. The molecule has 2 aromatic carbocycles. The predicted octanol–water partition coefficient (Wildman–Crippen LogP) is 4.58. The standard InChI is InChI=1S/C17H16BrF3N2O/c1-16(2)9-23(22-15(16)24)14(17(19,20)21)11-4-3-10-5-6-13(18)8-12(10)7-11/h3-8,14H,9H2,1-2H3,(H,22,24)/t14-/m0/s1. The number of nitrogens with one attached hydrogen (secondary N) is 1. The van der Waals surface area contributed by atoms with Crippen molar-refractivity contribution in [3.05, 3.63) is 46.4 Å². The molecule has 3 nitrogen and oxygen atoms in total. The van der Waals surface area contributed by atoms with Crippen LogP contribution in [0.5, 0.6) is 0 Å². The van der Waals surface area contributed by atoms with Gasteiger partial charge in [0, 0.05) is 11.0 Å². The van der Waals surface area contributed by atoms with E-state index in [0.717, 1.165) is 14.9 Å². The average Bonchev–Trinajstić information content (AvgIpc) is 2.70. The van der Waals surface area contributed by atoms with Crippen molar-refractivity contribution in [1.29, 1.82) is 0 Å². The van der Waals surface area contributed by atoms with E-state index in [0.29, 0.717) is 5.39 Å². The molecule has 1 aliphatic rings. The lowest BCUT2D eigenvalue weighted by molar-refractivity contribution is -0.191. The SMILES string of the molecule is CC1(C)CN([C@@H](c2ccc3ccc(Br)cc3c2)C(F)(F)F)NC1=O. The first kappa shape index (κ1) is 17.2. The third-order valence-corrected chi connectivity index (χ3v) is 4.68. The van der Waals surface area contributed by atoms with Gasteiger partial charge in [-0.3, -0.25) is 10.2 Å². The van der Waals surface area contributed by atoms with E-state index in [1.165, 1.54) is 12.1 Å². The van der Waals surface area contributed by atoms with E-state index in [1.54, 1.807) is 26.0 Å². The zero-order valence-electron chi connectivity index (χ0n) is 13.1. The van der Waals surface area contributed by atoms with Gasteiger partial charge in [-0.05, 0) is 48.4 Å². The summed E-state index contributed by atoms with van der Waals surface area (Å²) >= 11 is 3.33. The third kappa shape index (κ3) is 3.15. The maximum absolute atomic E-state index is 13.7. The van der Waals surface area contributed by atoms with Gasteiger partial charge in [-0.15, -0.1) is 0 Å². The maximum Gasteiger partial charge on any atom is 0.409 e. The van der Waals surface area contributed by atoms with Crippen LogP contribution in [-0.2, 0) is 4.79 Å². The number of nitrogens with zero attached hydrogens (tertiary/aromatic N) is 1. The van der Waals surface area contributed by atoms with E-state index in [1.807, 2.05) is 12.1 Å². The van der Waals surface area contributed by atoms with Gasteiger partial charge in [0.05, 0.1) is 5.41 Å². The van der Waals surface area contributed by atoms with E-state index in [4.69, 9.17) is 0 Å². The molecular formula is C17H16BrF3N2O. The number of hydrazine groups is 1. The van der Waals surface area contributed by atoms with Gasteiger partial charge < -0.3 is 0 Å². The Morgan fingerprint density at radius 1 is 1.17 bits per heavy atom. The largest absolute Gasteiger partial charge is 0.409 e. The molecule has 1 N–H and O–H groups in total. The smallest absolute Gasteiger partial charge is 0.287 e. The fraction of sp³-hybridized carbons (Fsp3) is 0.353. The molecule has 1 amide bonds. The minimum Gasteiger partial charge on any atom is -0.287 e. The second kappa shape index (κ2) is 5.74. The van der Waals surface area contributed by atoms with Gasteiger partial charge in [0.15, 0.2) is 0 Å². The summed E-state index contributed by atoms with van der Waals surface area (Å²) in [4.78, 5) is 11.9. The van der Waals surface area contributed by atoms with Crippen LogP contribution in [0.4, 0.5) is 13.2 Å². The van der Waals surface area contributed by atoms with Gasteiger partial charge in [0.1, 0.15) is 6.04 Å². The second-order valence-corrected chi connectivity index (χ2v) is 7.56. The molecule has 0 bridgehead atoms. The van der Waals surface area contributed by atoms with Crippen LogP contribution in [0.3, 0.4) is 0 Å². The Morgan fingerprint density at radius 3 is 2.42 bits per heavy atom. The molecule has 128 valence electrons. The highest BCUT2D eigenvalue weighted by Gasteiger charge is 2.51. The molecule has 0 aromatic heterocycles. The van der Waals surface area contributed by atoms with Crippen LogP contribution in [0.2, 0.25) is 0 Å². The fourth-order valence-corrected chi connectivity index (χ4v) is 3.31. The number of carbonyl (C=O) groups is 1. The van der Waals surface area contributed by atoms with Crippen molar-refractivity contribution < 1.29 is 18.0 Å². The van der Waals surface area contributed by atoms with Crippen molar-refractivity contribution in [3.63, 3.8) is 0 Å². The van der Waals surface area contributed by atoms with Gasteiger partial charge in [-0.1, -0.05) is 34.1 Å². The zero-order chi connectivity index (χ0) is 17.7. The van der Waals surface area contributed by atoms with Crippen LogP contribution in [0.25, 0.3) is 10.8 Å². The average molecular weight is 401 g/mol. The Balaban J connectivity index is 2.06. The molecule has 24 heavy (non-hydrogen) atoms. The molecule has 0 saturated carbocycles. The quantitative estimate of drug-likeness (QED) is 0.799. The highest BCUT2D eigenvalue weighted by molar-refractivity contribution is 9.10. The lowest BCUT2D eigenvalue weighted by Gasteiger charge is -2.30. The maximum atomic E-state index is 13.7. The van der Waals surface area contributed by atoms with Crippen LogP contribution >= 0.6 is 15.9 Å². The van der Waals surface area contributed by atoms with Gasteiger partial charge in [0.25, 0.3) is 0 Å².